The van der Waals surface area contributed by atoms with Crippen molar-refractivity contribution in [2.45, 2.75) is 6.54 Å². The summed E-state index contributed by atoms with van der Waals surface area (Å²) < 4.78 is 2.84. The Bertz CT molecular complexity index is 949. The SMILES string of the molecule is O=C(c1cnn(-c2cccc(Cl)c2)c1)N1CCN(Cc2ccc(Br)s2)CC1. The Balaban J connectivity index is 1.37. The van der Waals surface area contributed by atoms with Crippen LogP contribution in [0.2, 0.25) is 5.02 Å². The fraction of sp³-hybridized carbons (Fsp3) is 0.263. The third-order valence-corrected chi connectivity index (χ3v) is 6.41. The molecule has 5 nitrogen and oxygen atoms in total. The molecule has 4 rings (SSSR count). The molecule has 1 amide bonds. The Morgan fingerprint density at radius 1 is 1.19 bits per heavy atom. The molecule has 140 valence electrons. The van der Waals surface area contributed by atoms with Crippen molar-refractivity contribution in [3.63, 3.8) is 0 Å². The van der Waals surface area contributed by atoms with Crippen molar-refractivity contribution >= 4 is 44.8 Å². The number of aromatic nitrogens is 2. The van der Waals surface area contributed by atoms with Gasteiger partial charge in [0.1, 0.15) is 0 Å². The third-order valence-electron chi connectivity index (χ3n) is 4.57. The lowest BCUT2D eigenvalue weighted by atomic mass is 10.2. The van der Waals surface area contributed by atoms with Crippen LogP contribution in [-0.2, 0) is 6.54 Å². The normalized spacial score (nSPS) is 15.3. The van der Waals surface area contributed by atoms with Gasteiger partial charge in [-0.25, -0.2) is 4.68 Å². The maximum atomic E-state index is 12.8. The summed E-state index contributed by atoms with van der Waals surface area (Å²) in [5, 5.41) is 4.96. The van der Waals surface area contributed by atoms with Crippen LogP contribution in [0.25, 0.3) is 5.69 Å². The molecular weight excluding hydrogens is 448 g/mol. The number of carbonyl (C=O) groups excluding carboxylic acids is 1. The van der Waals surface area contributed by atoms with Crippen LogP contribution in [0.3, 0.4) is 0 Å². The lowest BCUT2D eigenvalue weighted by molar-refractivity contribution is 0.0629. The van der Waals surface area contributed by atoms with Crippen LogP contribution >= 0.6 is 38.9 Å². The van der Waals surface area contributed by atoms with E-state index in [9.17, 15) is 4.79 Å². The molecule has 1 saturated heterocycles. The summed E-state index contributed by atoms with van der Waals surface area (Å²) in [5.74, 6) is 0.0294. The van der Waals surface area contributed by atoms with Crippen LogP contribution < -0.4 is 0 Å². The molecule has 0 saturated carbocycles. The number of nitrogens with zero attached hydrogens (tertiary/aromatic N) is 4. The molecule has 8 heteroatoms. The Morgan fingerprint density at radius 3 is 2.70 bits per heavy atom. The molecule has 1 fully saturated rings. The second kappa shape index (κ2) is 8.14. The monoisotopic (exact) mass is 464 g/mol. The highest BCUT2D eigenvalue weighted by Gasteiger charge is 2.23. The standard InChI is InChI=1S/C19H18BrClN4OS/c20-18-5-4-17(27-18)13-23-6-8-24(9-7-23)19(26)14-11-22-25(12-14)16-3-1-2-15(21)10-16/h1-5,10-12H,6-9,13H2. The highest BCUT2D eigenvalue weighted by molar-refractivity contribution is 9.11. The minimum atomic E-state index is 0.0294. The number of halogens is 2. The van der Waals surface area contributed by atoms with Crippen LogP contribution in [0.15, 0.2) is 52.6 Å². The van der Waals surface area contributed by atoms with Crippen molar-refractivity contribution in [3.05, 3.63) is 68.0 Å². The predicted molar refractivity (Wildman–Crippen MR) is 112 cm³/mol. The zero-order valence-electron chi connectivity index (χ0n) is 14.5. The molecule has 0 N–H and O–H groups in total. The maximum absolute atomic E-state index is 12.8. The van der Waals surface area contributed by atoms with E-state index in [1.165, 1.54) is 4.88 Å². The first kappa shape index (κ1) is 18.7. The van der Waals surface area contributed by atoms with Crippen LogP contribution in [0, 0.1) is 0 Å². The van der Waals surface area contributed by atoms with Gasteiger partial charge in [0.25, 0.3) is 5.91 Å². The number of benzene rings is 1. The number of piperazine rings is 1. The highest BCUT2D eigenvalue weighted by Crippen LogP contribution is 2.24. The number of hydrogen-bond donors (Lipinski definition) is 0. The molecule has 27 heavy (non-hydrogen) atoms. The topological polar surface area (TPSA) is 41.4 Å². The maximum Gasteiger partial charge on any atom is 0.257 e. The van der Waals surface area contributed by atoms with Gasteiger partial charge in [0.15, 0.2) is 0 Å². The van der Waals surface area contributed by atoms with Crippen molar-refractivity contribution in [1.29, 1.82) is 0 Å². The zero-order chi connectivity index (χ0) is 18.8. The van der Waals surface area contributed by atoms with Gasteiger partial charge in [-0.3, -0.25) is 9.69 Å². The second-order valence-electron chi connectivity index (χ2n) is 6.43. The quantitative estimate of drug-likeness (QED) is 0.577. The molecule has 1 aliphatic heterocycles. The van der Waals surface area contributed by atoms with E-state index in [-0.39, 0.29) is 5.91 Å². The lowest BCUT2D eigenvalue weighted by Gasteiger charge is -2.34. The first-order valence-corrected chi connectivity index (χ1v) is 10.6. The van der Waals surface area contributed by atoms with E-state index in [0.29, 0.717) is 10.6 Å². The van der Waals surface area contributed by atoms with E-state index in [1.807, 2.05) is 29.2 Å². The van der Waals surface area contributed by atoms with Gasteiger partial charge in [-0.1, -0.05) is 17.7 Å². The van der Waals surface area contributed by atoms with E-state index < -0.39 is 0 Å². The minimum Gasteiger partial charge on any atom is -0.336 e. The molecular formula is C19H18BrClN4OS. The van der Waals surface area contributed by atoms with Crippen LogP contribution in [0.1, 0.15) is 15.2 Å². The van der Waals surface area contributed by atoms with Crippen LogP contribution in [0.4, 0.5) is 0 Å². The fourth-order valence-electron chi connectivity index (χ4n) is 3.14. The largest absolute Gasteiger partial charge is 0.336 e. The third kappa shape index (κ3) is 4.43. The smallest absolute Gasteiger partial charge is 0.257 e. The summed E-state index contributed by atoms with van der Waals surface area (Å²) in [6, 6.07) is 11.6. The van der Waals surface area contributed by atoms with Gasteiger partial charge in [-0.05, 0) is 46.3 Å². The molecule has 0 atom stereocenters. The van der Waals surface area contributed by atoms with E-state index in [4.69, 9.17) is 11.6 Å². The summed E-state index contributed by atoms with van der Waals surface area (Å²) in [7, 11) is 0. The molecule has 1 aromatic carbocycles. The Kier molecular flexibility index (Phi) is 5.63. The number of thiophene rings is 1. The van der Waals surface area contributed by atoms with Gasteiger partial charge in [0.05, 0.1) is 21.2 Å². The average molecular weight is 466 g/mol. The first-order valence-electron chi connectivity index (χ1n) is 8.65. The molecule has 0 spiro atoms. The Morgan fingerprint density at radius 2 is 2.00 bits per heavy atom. The van der Waals surface area contributed by atoms with Crippen molar-refractivity contribution in [3.8, 4) is 5.69 Å². The van der Waals surface area contributed by atoms with Crippen LogP contribution in [0.5, 0.6) is 0 Å². The number of carbonyl (C=O) groups is 1. The summed E-state index contributed by atoms with van der Waals surface area (Å²) in [4.78, 5) is 18.4. The molecule has 0 radical (unpaired) electrons. The minimum absolute atomic E-state index is 0.0294. The number of hydrogen-bond acceptors (Lipinski definition) is 4. The second-order valence-corrected chi connectivity index (χ2v) is 9.41. The van der Waals surface area contributed by atoms with Gasteiger partial charge in [-0.15, -0.1) is 11.3 Å². The van der Waals surface area contributed by atoms with E-state index >= 15 is 0 Å². The average Bonchev–Trinajstić information content (AvgIpc) is 3.31. The molecule has 0 unspecified atom stereocenters. The molecule has 1 aliphatic rings. The number of amides is 1. The highest BCUT2D eigenvalue weighted by atomic mass is 79.9. The molecule has 3 heterocycles. The van der Waals surface area contributed by atoms with Crippen LogP contribution in [-0.4, -0.2) is 51.7 Å². The Labute approximate surface area is 175 Å². The Hall–Kier alpha value is -1.67. The number of rotatable bonds is 4. The van der Waals surface area contributed by atoms with Crippen molar-refractivity contribution < 1.29 is 4.79 Å². The van der Waals surface area contributed by atoms with Gasteiger partial charge >= 0.3 is 0 Å². The summed E-state index contributed by atoms with van der Waals surface area (Å²) in [5.41, 5.74) is 1.44. The molecule has 0 aliphatic carbocycles. The zero-order valence-corrected chi connectivity index (χ0v) is 17.7. The molecule has 2 aromatic heterocycles. The van der Waals surface area contributed by atoms with Gasteiger partial charge in [-0.2, -0.15) is 5.10 Å². The van der Waals surface area contributed by atoms with Gasteiger partial charge < -0.3 is 4.90 Å². The van der Waals surface area contributed by atoms with E-state index in [0.717, 1.165) is 42.2 Å². The van der Waals surface area contributed by atoms with Gasteiger partial charge in [0.2, 0.25) is 0 Å². The summed E-state index contributed by atoms with van der Waals surface area (Å²) in [6.45, 7) is 4.15. The van der Waals surface area contributed by atoms with Gasteiger partial charge in [0, 0.05) is 48.8 Å². The predicted octanol–water partition coefficient (Wildman–Crippen LogP) is 4.31. The molecule has 3 aromatic rings. The van der Waals surface area contributed by atoms with Crippen molar-refractivity contribution in [1.82, 2.24) is 19.6 Å². The summed E-state index contributed by atoms with van der Waals surface area (Å²) in [6.07, 6.45) is 3.39. The van der Waals surface area contributed by atoms with E-state index in [2.05, 4.69) is 38.1 Å². The lowest BCUT2D eigenvalue weighted by Crippen LogP contribution is -2.48. The van der Waals surface area contributed by atoms with Crippen molar-refractivity contribution in [2.24, 2.45) is 0 Å². The van der Waals surface area contributed by atoms with E-state index in [1.54, 1.807) is 28.4 Å². The molecule has 0 bridgehead atoms. The first-order chi connectivity index (χ1) is 13.1. The summed E-state index contributed by atoms with van der Waals surface area (Å²) >= 11 is 11.3. The van der Waals surface area contributed by atoms with Crippen molar-refractivity contribution in [2.75, 3.05) is 26.2 Å². The fourth-order valence-corrected chi connectivity index (χ4v) is 4.85.